The standard InChI is InChI=1S/C14H13N3O2S/c1-10-15-9-12(20-10)14(19)17-13-7-4-6-11(16-13)5-2-3-8-18/h4,6-7,9,18H,3,8H2,1H3,(H,16,17,19). The molecule has 5 nitrogen and oxygen atoms in total. The monoisotopic (exact) mass is 287 g/mol. The topological polar surface area (TPSA) is 75.1 Å². The summed E-state index contributed by atoms with van der Waals surface area (Å²) in [7, 11) is 0. The van der Waals surface area contributed by atoms with E-state index >= 15 is 0 Å². The van der Waals surface area contributed by atoms with E-state index in [0.717, 1.165) is 5.01 Å². The fraction of sp³-hybridized carbons (Fsp3) is 0.214. The fourth-order valence-corrected chi connectivity index (χ4v) is 2.10. The van der Waals surface area contributed by atoms with Crippen LogP contribution >= 0.6 is 11.3 Å². The molecule has 2 aromatic rings. The van der Waals surface area contributed by atoms with Gasteiger partial charge in [0.1, 0.15) is 16.4 Å². The van der Waals surface area contributed by atoms with Crippen LogP contribution in [0.25, 0.3) is 0 Å². The van der Waals surface area contributed by atoms with E-state index in [1.54, 1.807) is 24.4 Å². The van der Waals surface area contributed by atoms with Gasteiger partial charge in [0.2, 0.25) is 0 Å². The Morgan fingerprint density at radius 3 is 3.05 bits per heavy atom. The summed E-state index contributed by atoms with van der Waals surface area (Å²) < 4.78 is 0. The molecular weight excluding hydrogens is 274 g/mol. The zero-order valence-corrected chi connectivity index (χ0v) is 11.7. The molecule has 2 heterocycles. The smallest absolute Gasteiger partial charge is 0.268 e. The normalized spacial score (nSPS) is 9.70. The molecule has 0 aliphatic rings. The summed E-state index contributed by atoms with van der Waals surface area (Å²) in [6, 6.07) is 5.21. The molecule has 0 unspecified atom stereocenters. The summed E-state index contributed by atoms with van der Waals surface area (Å²) in [4.78, 5) is 20.7. The lowest BCUT2D eigenvalue weighted by atomic mass is 10.3. The van der Waals surface area contributed by atoms with Crippen molar-refractivity contribution in [3.05, 3.63) is 40.0 Å². The largest absolute Gasteiger partial charge is 0.395 e. The first-order valence-electron chi connectivity index (χ1n) is 5.99. The van der Waals surface area contributed by atoms with E-state index in [2.05, 4.69) is 27.1 Å². The first-order valence-corrected chi connectivity index (χ1v) is 6.81. The van der Waals surface area contributed by atoms with E-state index in [1.165, 1.54) is 11.3 Å². The van der Waals surface area contributed by atoms with E-state index in [1.807, 2.05) is 6.92 Å². The van der Waals surface area contributed by atoms with Crippen molar-refractivity contribution in [3.8, 4) is 11.8 Å². The molecule has 2 N–H and O–H groups in total. The summed E-state index contributed by atoms with van der Waals surface area (Å²) in [5.41, 5.74) is 0.553. The molecule has 0 aromatic carbocycles. The predicted molar refractivity (Wildman–Crippen MR) is 77.6 cm³/mol. The maximum atomic E-state index is 11.9. The Kier molecular flexibility index (Phi) is 4.82. The second-order valence-corrected chi connectivity index (χ2v) is 5.12. The Labute approximate surface area is 120 Å². The average molecular weight is 287 g/mol. The molecule has 102 valence electrons. The van der Waals surface area contributed by atoms with Gasteiger partial charge in [0.05, 0.1) is 17.8 Å². The number of hydrogen-bond acceptors (Lipinski definition) is 5. The highest BCUT2D eigenvalue weighted by atomic mass is 32.1. The third-order valence-corrected chi connectivity index (χ3v) is 3.20. The van der Waals surface area contributed by atoms with Crippen LogP contribution in [0.5, 0.6) is 0 Å². The number of thiazole rings is 1. The van der Waals surface area contributed by atoms with Crippen molar-refractivity contribution in [3.63, 3.8) is 0 Å². The van der Waals surface area contributed by atoms with E-state index in [9.17, 15) is 4.79 Å². The highest BCUT2D eigenvalue weighted by molar-refractivity contribution is 7.13. The number of carbonyl (C=O) groups excluding carboxylic acids is 1. The van der Waals surface area contributed by atoms with Crippen LogP contribution in [-0.4, -0.2) is 27.6 Å². The third-order valence-electron chi connectivity index (χ3n) is 2.29. The molecule has 0 aliphatic carbocycles. The van der Waals surface area contributed by atoms with Gasteiger partial charge in [-0.1, -0.05) is 12.0 Å². The second kappa shape index (κ2) is 6.80. The van der Waals surface area contributed by atoms with Gasteiger partial charge in [0.15, 0.2) is 0 Å². The highest BCUT2D eigenvalue weighted by Gasteiger charge is 2.09. The van der Waals surface area contributed by atoms with E-state index in [0.29, 0.717) is 22.8 Å². The molecule has 0 fully saturated rings. The predicted octanol–water partition coefficient (Wildman–Crippen LogP) is 1.83. The number of aliphatic hydroxyl groups excluding tert-OH is 1. The molecule has 2 aromatic heterocycles. The summed E-state index contributed by atoms with van der Waals surface area (Å²) in [6.07, 6.45) is 1.94. The number of hydrogen-bond donors (Lipinski definition) is 2. The van der Waals surface area contributed by atoms with Gasteiger partial charge in [-0.25, -0.2) is 9.97 Å². The molecule has 0 aliphatic heterocycles. The van der Waals surface area contributed by atoms with Crippen molar-refractivity contribution in [2.45, 2.75) is 13.3 Å². The molecule has 1 amide bonds. The first kappa shape index (κ1) is 14.2. The Morgan fingerprint density at radius 2 is 2.35 bits per heavy atom. The van der Waals surface area contributed by atoms with Crippen LogP contribution in [-0.2, 0) is 0 Å². The van der Waals surface area contributed by atoms with E-state index in [4.69, 9.17) is 5.11 Å². The van der Waals surface area contributed by atoms with E-state index < -0.39 is 0 Å². The number of amides is 1. The van der Waals surface area contributed by atoms with Crippen LogP contribution in [0.15, 0.2) is 24.4 Å². The zero-order valence-electron chi connectivity index (χ0n) is 10.9. The van der Waals surface area contributed by atoms with Crippen LogP contribution in [0.3, 0.4) is 0 Å². The summed E-state index contributed by atoms with van der Waals surface area (Å²) >= 11 is 1.33. The van der Waals surface area contributed by atoms with E-state index in [-0.39, 0.29) is 12.5 Å². The number of anilines is 1. The lowest BCUT2D eigenvalue weighted by Crippen LogP contribution is -2.11. The van der Waals surface area contributed by atoms with Crippen LogP contribution in [0.2, 0.25) is 0 Å². The second-order valence-electron chi connectivity index (χ2n) is 3.88. The first-order chi connectivity index (χ1) is 9.69. The van der Waals surface area contributed by atoms with Crippen molar-refractivity contribution in [1.82, 2.24) is 9.97 Å². The molecule has 6 heteroatoms. The van der Waals surface area contributed by atoms with Crippen LogP contribution in [0, 0.1) is 18.8 Å². The summed E-state index contributed by atoms with van der Waals surface area (Å²) in [6.45, 7) is 1.87. The van der Waals surface area contributed by atoms with Crippen molar-refractivity contribution in [2.24, 2.45) is 0 Å². The number of pyridine rings is 1. The third kappa shape index (κ3) is 3.88. The van der Waals surface area contributed by atoms with Crippen LogP contribution < -0.4 is 5.32 Å². The molecule has 0 atom stereocenters. The lowest BCUT2D eigenvalue weighted by Gasteiger charge is -2.02. The van der Waals surface area contributed by atoms with Gasteiger partial charge in [-0.05, 0) is 25.0 Å². The van der Waals surface area contributed by atoms with Gasteiger partial charge in [0.25, 0.3) is 5.91 Å². The maximum Gasteiger partial charge on any atom is 0.268 e. The molecule has 20 heavy (non-hydrogen) atoms. The Bertz CT molecular complexity index is 670. The van der Waals surface area contributed by atoms with Gasteiger partial charge in [0, 0.05) is 6.42 Å². The number of nitrogens with one attached hydrogen (secondary N) is 1. The fourth-order valence-electron chi connectivity index (χ4n) is 1.43. The summed E-state index contributed by atoms with van der Waals surface area (Å²) in [5.74, 6) is 5.81. The summed E-state index contributed by atoms with van der Waals surface area (Å²) in [5, 5.41) is 12.2. The SMILES string of the molecule is Cc1ncc(C(=O)Nc2cccc(C#CCCO)n2)s1. The van der Waals surface area contributed by atoms with Gasteiger partial charge < -0.3 is 10.4 Å². The van der Waals surface area contributed by atoms with Crippen molar-refractivity contribution in [1.29, 1.82) is 0 Å². The minimum absolute atomic E-state index is 0.0220. The minimum Gasteiger partial charge on any atom is -0.395 e. The number of nitrogens with zero attached hydrogens (tertiary/aromatic N) is 2. The van der Waals surface area contributed by atoms with Gasteiger partial charge in [-0.15, -0.1) is 11.3 Å². The number of aromatic nitrogens is 2. The zero-order chi connectivity index (χ0) is 14.4. The maximum absolute atomic E-state index is 11.9. The average Bonchev–Trinajstić information content (AvgIpc) is 2.86. The lowest BCUT2D eigenvalue weighted by molar-refractivity contribution is 0.103. The Morgan fingerprint density at radius 1 is 1.50 bits per heavy atom. The number of carbonyl (C=O) groups is 1. The number of rotatable bonds is 3. The molecular formula is C14H13N3O2S. The highest BCUT2D eigenvalue weighted by Crippen LogP contribution is 2.13. The molecule has 2 rings (SSSR count). The molecule has 0 bridgehead atoms. The van der Waals surface area contributed by atoms with Crippen molar-refractivity contribution >= 4 is 23.1 Å². The van der Waals surface area contributed by atoms with Crippen LogP contribution in [0.1, 0.15) is 26.8 Å². The molecule has 0 saturated carbocycles. The molecule has 0 radical (unpaired) electrons. The quantitative estimate of drug-likeness (QED) is 0.845. The van der Waals surface area contributed by atoms with Crippen molar-refractivity contribution < 1.29 is 9.90 Å². The van der Waals surface area contributed by atoms with Gasteiger partial charge >= 0.3 is 0 Å². The Balaban J connectivity index is 2.08. The Hall–Kier alpha value is -2.23. The molecule has 0 saturated heterocycles. The van der Waals surface area contributed by atoms with Gasteiger partial charge in [-0.2, -0.15) is 0 Å². The van der Waals surface area contributed by atoms with Crippen molar-refractivity contribution in [2.75, 3.05) is 11.9 Å². The minimum atomic E-state index is -0.233. The van der Waals surface area contributed by atoms with Gasteiger partial charge in [-0.3, -0.25) is 4.79 Å². The number of aliphatic hydroxyl groups is 1. The molecule has 0 spiro atoms. The number of aryl methyl sites for hydroxylation is 1. The van der Waals surface area contributed by atoms with Crippen LogP contribution in [0.4, 0.5) is 5.82 Å².